The second-order valence-corrected chi connectivity index (χ2v) is 6.49. The molecule has 1 rings (SSSR count). The van der Waals surface area contributed by atoms with E-state index < -0.39 is 8.80 Å². The van der Waals surface area contributed by atoms with E-state index in [9.17, 15) is 0 Å². The van der Waals surface area contributed by atoms with E-state index in [1.807, 2.05) is 37.3 Å². The summed E-state index contributed by atoms with van der Waals surface area (Å²) in [6.45, 7) is 3.79. The molecule has 0 aromatic heterocycles. The predicted octanol–water partition coefficient (Wildman–Crippen LogP) is 1.15. The number of rotatable bonds is 10. The van der Waals surface area contributed by atoms with E-state index in [4.69, 9.17) is 22.8 Å². The lowest BCUT2D eigenvalue weighted by molar-refractivity contribution is -0.0450. The molecular formula is C13H22O5Si. The molecule has 19 heavy (non-hydrogen) atoms. The Labute approximate surface area is 115 Å². The topological polar surface area (TPSA) is 46.2 Å². The third-order valence-electron chi connectivity index (χ3n) is 2.57. The fraction of sp³-hybridized carbons (Fsp3) is 0.538. The van der Waals surface area contributed by atoms with Crippen LogP contribution in [0.25, 0.3) is 0 Å². The summed E-state index contributed by atoms with van der Waals surface area (Å²) in [6.07, 6.45) is 0. The van der Waals surface area contributed by atoms with Crippen molar-refractivity contribution < 1.29 is 22.8 Å². The minimum atomic E-state index is -2.85. The van der Waals surface area contributed by atoms with Crippen LogP contribution in [0, 0.1) is 0 Å². The summed E-state index contributed by atoms with van der Waals surface area (Å²) in [6, 6.07) is 9.65. The Kier molecular flexibility index (Phi) is 7.88. The Morgan fingerprint density at radius 2 is 1.58 bits per heavy atom. The van der Waals surface area contributed by atoms with Crippen molar-refractivity contribution in [1.29, 1.82) is 0 Å². The maximum atomic E-state index is 5.71. The summed E-state index contributed by atoms with van der Waals surface area (Å²) < 4.78 is 27.2. The summed E-state index contributed by atoms with van der Waals surface area (Å²) >= 11 is 0. The van der Waals surface area contributed by atoms with E-state index in [0.29, 0.717) is 19.8 Å². The van der Waals surface area contributed by atoms with Gasteiger partial charge in [-0.2, -0.15) is 0 Å². The maximum Gasteiger partial charge on any atom is 0.538 e. The second-order valence-electron chi connectivity index (χ2n) is 3.70. The lowest BCUT2D eigenvalue weighted by Gasteiger charge is -2.26. The quantitative estimate of drug-likeness (QED) is 0.367. The van der Waals surface area contributed by atoms with Gasteiger partial charge in [0, 0.05) is 26.0 Å². The molecule has 0 N–H and O–H groups in total. The first-order valence-corrected chi connectivity index (χ1v) is 7.96. The van der Waals surface area contributed by atoms with Crippen LogP contribution in [0.4, 0.5) is 0 Å². The summed E-state index contributed by atoms with van der Waals surface area (Å²) in [4.78, 5) is 0. The van der Waals surface area contributed by atoms with Crippen LogP contribution in [-0.4, -0.2) is 49.6 Å². The molecule has 0 amide bonds. The van der Waals surface area contributed by atoms with E-state index in [0.717, 1.165) is 5.19 Å². The van der Waals surface area contributed by atoms with Gasteiger partial charge in [-0.3, -0.25) is 0 Å². The number of benzene rings is 1. The summed E-state index contributed by atoms with van der Waals surface area (Å²) in [5.74, 6) is 0. The monoisotopic (exact) mass is 286 g/mol. The molecule has 0 fully saturated rings. The fourth-order valence-corrected chi connectivity index (χ4v) is 3.48. The smallest absolute Gasteiger partial charge is 0.379 e. The van der Waals surface area contributed by atoms with Gasteiger partial charge in [0.1, 0.15) is 6.79 Å². The van der Waals surface area contributed by atoms with Crippen LogP contribution in [0.3, 0.4) is 0 Å². The molecule has 0 saturated heterocycles. The largest absolute Gasteiger partial charge is 0.538 e. The van der Waals surface area contributed by atoms with Gasteiger partial charge in [-0.15, -0.1) is 0 Å². The SMILES string of the molecule is CCOCCOCO[Si](OC)(OC)c1ccccc1. The molecular weight excluding hydrogens is 264 g/mol. The highest BCUT2D eigenvalue weighted by molar-refractivity contribution is 6.75. The molecule has 0 bridgehead atoms. The molecule has 0 unspecified atom stereocenters. The molecule has 5 nitrogen and oxygen atoms in total. The lowest BCUT2D eigenvalue weighted by atomic mass is 10.4. The molecule has 0 heterocycles. The molecule has 0 aliphatic carbocycles. The van der Waals surface area contributed by atoms with Crippen molar-refractivity contribution in [1.82, 2.24) is 0 Å². The average Bonchev–Trinajstić information content (AvgIpc) is 2.48. The highest BCUT2D eigenvalue weighted by Crippen LogP contribution is 2.08. The first kappa shape index (κ1) is 16.3. The normalized spacial score (nSPS) is 11.7. The van der Waals surface area contributed by atoms with Crippen LogP contribution in [0.15, 0.2) is 30.3 Å². The van der Waals surface area contributed by atoms with Crippen molar-refractivity contribution in [3.8, 4) is 0 Å². The first-order chi connectivity index (χ1) is 9.29. The van der Waals surface area contributed by atoms with Crippen molar-refractivity contribution in [3.05, 3.63) is 30.3 Å². The summed E-state index contributed by atoms with van der Waals surface area (Å²) in [5, 5.41) is 0.911. The Bertz CT molecular complexity index is 329. The van der Waals surface area contributed by atoms with Gasteiger partial charge in [0.05, 0.1) is 13.2 Å². The van der Waals surface area contributed by atoms with Crippen molar-refractivity contribution in [2.24, 2.45) is 0 Å². The molecule has 108 valence electrons. The van der Waals surface area contributed by atoms with Crippen LogP contribution in [0.5, 0.6) is 0 Å². The zero-order chi connectivity index (χ0) is 14.0. The fourth-order valence-electron chi connectivity index (χ4n) is 1.60. The van der Waals surface area contributed by atoms with Crippen LogP contribution < -0.4 is 5.19 Å². The predicted molar refractivity (Wildman–Crippen MR) is 74.2 cm³/mol. The Balaban J connectivity index is 2.48. The third kappa shape index (κ3) is 5.02. The van der Waals surface area contributed by atoms with Gasteiger partial charge in [-0.25, -0.2) is 0 Å². The van der Waals surface area contributed by atoms with E-state index in [1.165, 1.54) is 0 Å². The number of hydrogen-bond donors (Lipinski definition) is 0. The van der Waals surface area contributed by atoms with Crippen molar-refractivity contribution >= 4 is 14.0 Å². The van der Waals surface area contributed by atoms with Gasteiger partial charge in [-0.05, 0) is 6.92 Å². The van der Waals surface area contributed by atoms with Crippen LogP contribution in [-0.2, 0) is 22.8 Å². The Morgan fingerprint density at radius 1 is 0.947 bits per heavy atom. The maximum absolute atomic E-state index is 5.71. The summed E-state index contributed by atoms with van der Waals surface area (Å²) in [5.41, 5.74) is 0. The Hall–Kier alpha value is -0.763. The molecule has 1 aromatic carbocycles. The molecule has 0 radical (unpaired) electrons. The van der Waals surface area contributed by atoms with E-state index in [2.05, 4.69) is 0 Å². The van der Waals surface area contributed by atoms with E-state index in [-0.39, 0.29) is 6.79 Å². The minimum absolute atomic E-state index is 0.121. The molecule has 0 aliphatic heterocycles. The van der Waals surface area contributed by atoms with E-state index >= 15 is 0 Å². The van der Waals surface area contributed by atoms with Gasteiger partial charge >= 0.3 is 8.80 Å². The number of ether oxygens (including phenoxy) is 2. The highest BCUT2D eigenvalue weighted by atomic mass is 28.4. The van der Waals surface area contributed by atoms with Gasteiger partial charge in [-0.1, -0.05) is 30.3 Å². The second kappa shape index (κ2) is 9.19. The molecule has 0 saturated carbocycles. The van der Waals surface area contributed by atoms with Gasteiger partial charge in [0.15, 0.2) is 0 Å². The molecule has 1 aromatic rings. The first-order valence-electron chi connectivity index (χ1n) is 6.24. The van der Waals surface area contributed by atoms with Gasteiger partial charge in [0.2, 0.25) is 0 Å². The third-order valence-corrected chi connectivity index (χ3v) is 5.19. The molecule has 0 atom stereocenters. The minimum Gasteiger partial charge on any atom is -0.379 e. The van der Waals surface area contributed by atoms with Gasteiger partial charge in [0.25, 0.3) is 0 Å². The highest BCUT2D eigenvalue weighted by Gasteiger charge is 2.41. The van der Waals surface area contributed by atoms with Crippen LogP contribution in [0.1, 0.15) is 6.92 Å². The standard InChI is InChI=1S/C13H22O5Si/c1-4-16-10-11-17-12-18-19(14-2,15-3)13-8-6-5-7-9-13/h5-9H,4,10-12H2,1-3H3. The van der Waals surface area contributed by atoms with Crippen molar-refractivity contribution in [2.75, 3.05) is 40.8 Å². The molecule has 0 spiro atoms. The summed E-state index contributed by atoms with van der Waals surface area (Å²) in [7, 11) is 0.319. The zero-order valence-corrected chi connectivity index (χ0v) is 12.8. The van der Waals surface area contributed by atoms with E-state index in [1.54, 1.807) is 14.2 Å². The zero-order valence-electron chi connectivity index (χ0n) is 11.8. The van der Waals surface area contributed by atoms with Crippen LogP contribution >= 0.6 is 0 Å². The van der Waals surface area contributed by atoms with Crippen molar-refractivity contribution in [3.63, 3.8) is 0 Å². The number of hydrogen-bond acceptors (Lipinski definition) is 5. The lowest BCUT2D eigenvalue weighted by Crippen LogP contribution is -2.55. The molecule has 6 heteroatoms. The molecule has 0 aliphatic rings. The Morgan fingerprint density at radius 3 is 2.16 bits per heavy atom. The van der Waals surface area contributed by atoms with Gasteiger partial charge < -0.3 is 22.8 Å². The average molecular weight is 286 g/mol. The van der Waals surface area contributed by atoms with Crippen LogP contribution in [0.2, 0.25) is 0 Å². The van der Waals surface area contributed by atoms with Crippen molar-refractivity contribution in [2.45, 2.75) is 6.92 Å².